The predicted octanol–water partition coefficient (Wildman–Crippen LogP) is 1.18. The minimum absolute atomic E-state index is 0.0861. The largest absolute Gasteiger partial charge is 0.504 e. The number of ketones is 1. The van der Waals surface area contributed by atoms with Crippen LogP contribution in [0.5, 0.6) is 11.5 Å². The van der Waals surface area contributed by atoms with E-state index in [-0.39, 0.29) is 36.0 Å². The third kappa shape index (κ3) is 7.05. The molecule has 3 rings (SSSR count). The second kappa shape index (κ2) is 12.2. The molecule has 39 heavy (non-hydrogen) atoms. The van der Waals surface area contributed by atoms with Crippen molar-refractivity contribution in [3.63, 3.8) is 0 Å². The average Bonchev–Trinajstić information content (AvgIpc) is 2.86. The van der Waals surface area contributed by atoms with Crippen molar-refractivity contribution in [3.05, 3.63) is 42.0 Å². The molecule has 0 amide bonds. The minimum atomic E-state index is -1.65. The smallest absolute Gasteiger partial charge is 0.330 e. The molecule has 0 aromatic heterocycles. The number of rotatable bonds is 8. The Hall–Kier alpha value is -2.80. The summed E-state index contributed by atoms with van der Waals surface area (Å²) in [7, 11) is 0. The quantitative estimate of drug-likeness (QED) is 0.118. The van der Waals surface area contributed by atoms with Crippen LogP contribution < -0.4 is 0 Å². The molecule has 2 aliphatic rings. The molecule has 1 aromatic carbocycles. The highest BCUT2D eigenvalue weighted by Crippen LogP contribution is 2.46. The molecule has 2 fully saturated rings. The zero-order valence-corrected chi connectivity index (χ0v) is 22.4. The van der Waals surface area contributed by atoms with E-state index in [1.165, 1.54) is 24.3 Å². The van der Waals surface area contributed by atoms with Gasteiger partial charge in [-0.25, -0.2) is 4.79 Å². The molecule has 0 spiro atoms. The Morgan fingerprint density at radius 2 is 1.85 bits per heavy atom. The topological polar surface area (TPSA) is 183 Å². The van der Waals surface area contributed by atoms with Crippen LogP contribution in [0.15, 0.2) is 36.4 Å². The highest BCUT2D eigenvalue weighted by atomic mass is 16.7. The van der Waals surface area contributed by atoms with Crippen molar-refractivity contribution >= 4 is 17.8 Å². The Morgan fingerprint density at radius 1 is 1.15 bits per heavy atom. The van der Waals surface area contributed by atoms with Gasteiger partial charge in [0.1, 0.15) is 36.8 Å². The standard InChI is InChI=1S/C28H38O11/c1-15-11-18(29)13-27(3,4)28(15,36)10-9-16(2)38-26-25(35)24(34)23(33)21(39-26)14-37-22(32)8-6-17-5-7-19(30)20(31)12-17/h5-10,12,15-16,21,23-26,30-31,33-36H,11,13-14H2,1-4H3/b8-6+,10-9+/t15?,16-,21?,23?,24?,25?,26?,28-/m1/s1. The maximum Gasteiger partial charge on any atom is 0.330 e. The van der Waals surface area contributed by atoms with Crippen molar-refractivity contribution in [1.82, 2.24) is 0 Å². The Labute approximate surface area is 226 Å². The summed E-state index contributed by atoms with van der Waals surface area (Å²) < 4.78 is 16.4. The van der Waals surface area contributed by atoms with Gasteiger partial charge in [0.15, 0.2) is 17.8 Å². The molecule has 11 heteroatoms. The van der Waals surface area contributed by atoms with Gasteiger partial charge in [-0.1, -0.05) is 39.0 Å². The van der Waals surface area contributed by atoms with Gasteiger partial charge < -0.3 is 44.8 Å². The van der Waals surface area contributed by atoms with Crippen molar-refractivity contribution in [3.8, 4) is 11.5 Å². The number of phenolic OH excluding ortho intramolecular Hbond substituents is 2. The van der Waals surface area contributed by atoms with Gasteiger partial charge in [0.25, 0.3) is 0 Å². The van der Waals surface area contributed by atoms with Crippen LogP contribution in [0.3, 0.4) is 0 Å². The number of Topliss-reactive ketones (excluding diaryl/α,β-unsaturated/α-hetero) is 1. The zero-order chi connectivity index (χ0) is 29.1. The number of hydrogen-bond acceptors (Lipinski definition) is 11. The molecule has 1 saturated heterocycles. The lowest BCUT2D eigenvalue weighted by atomic mass is 9.60. The first kappa shape index (κ1) is 30.7. The second-order valence-electron chi connectivity index (χ2n) is 11.0. The molecule has 1 aliphatic carbocycles. The maximum absolute atomic E-state index is 12.1. The molecule has 6 unspecified atom stereocenters. The van der Waals surface area contributed by atoms with Crippen molar-refractivity contribution in [2.75, 3.05) is 6.61 Å². The molecule has 1 aliphatic heterocycles. The van der Waals surface area contributed by atoms with Crippen LogP contribution in [0.4, 0.5) is 0 Å². The van der Waals surface area contributed by atoms with E-state index in [1.54, 1.807) is 26.0 Å². The number of hydrogen-bond donors (Lipinski definition) is 6. The summed E-state index contributed by atoms with van der Waals surface area (Å²) >= 11 is 0. The van der Waals surface area contributed by atoms with Crippen LogP contribution in [0.1, 0.15) is 46.1 Å². The van der Waals surface area contributed by atoms with E-state index in [1.807, 2.05) is 13.8 Å². The third-order valence-corrected chi connectivity index (χ3v) is 7.45. The van der Waals surface area contributed by atoms with Crippen molar-refractivity contribution in [1.29, 1.82) is 0 Å². The lowest BCUT2D eigenvalue weighted by Crippen LogP contribution is -2.59. The van der Waals surface area contributed by atoms with Crippen LogP contribution >= 0.6 is 0 Å². The third-order valence-electron chi connectivity index (χ3n) is 7.45. The lowest BCUT2D eigenvalue weighted by molar-refractivity contribution is -0.306. The van der Waals surface area contributed by atoms with Gasteiger partial charge in [-0.15, -0.1) is 0 Å². The molecule has 1 heterocycles. The van der Waals surface area contributed by atoms with E-state index in [0.717, 1.165) is 6.08 Å². The monoisotopic (exact) mass is 550 g/mol. The number of aromatic hydroxyl groups is 2. The van der Waals surface area contributed by atoms with E-state index in [4.69, 9.17) is 14.2 Å². The molecule has 216 valence electrons. The number of esters is 1. The number of phenols is 2. The average molecular weight is 551 g/mol. The first-order valence-electron chi connectivity index (χ1n) is 12.8. The number of ether oxygens (including phenoxy) is 3. The molecule has 1 aromatic rings. The van der Waals surface area contributed by atoms with Crippen LogP contribution in [0.2, 0.25) is 0 Å². The predicted molar refractivity (Wildman–Crippen MR) is 138 cm³/mol. The number of carbonyl (C=O) groups excluding carboxylic acids is 2. The zero-order valence-electron chi connectivity index (χ0n) is 22.4. The highest BCUT2D eigenvalue weighted by Gasteiger charge is 2.51. The first-order valence-corrected chi connectivity index (χ1v) is 12.8. The van der Waals surface area contributed by atoms with Gasteiger partial charge >= 0.3 is 5.97 Å². The molecule has 0 radical (unpaired) electrons. The molecule has 1 saturated carbocycles. The normalized spacial score (nSPS) is 33.9. The summed E-state index contributed by atoms with van der Waals surface area (Å²) in [6, 6.07) is 3.97. The Morgan fingerprint density at radius 3 is 2.49 bits per heavy atom. The minimum Gasteiger partial charge on any atom is -0.504 e. The fourth-order valence-electron chi connectivity index (χ4n) is 4.99. The van der Waals surface area contributed by atoms with Crippen LogP contribution in [-0.4, -0.2) is 91.4 Å². The molecule has 6 N–H and O–H groups in total. The van der Waals surface area contributed by atoms with Gasteiger partial charge in [-0.05, 0) is 36.6 Å². The van der Waals surface area contributed by atoms with Crippen LogP contribution in [0, 0.1) is 11.3 Å². The first-order chi connectivity index (χ1) is 18.1. The summed E-state index contributed by atoms with van der Waals surface area (Å²) in [5, 5.41) is 61.3. The molecule has 11 nitrogen and oxygen atoms in total. The van der Waals surface area contributed by atoms with Crippen molar-refractivity contribution in [2.45, 2.75) is 82.9 Å². The van der Waals surface area contributed by atoms with Crippen molar-refractivity contribution < 1.29 is 54.4 Å². The molecule has 0 bridgehead atoms. The van der Waals surface area contributed by atoms with E-state index in [0.29, 0.717) is 5.56 Å². The summed E-state index contributed by atoms with van der Waals surface area (Å²) in [6.07, 6.45) is -2.05. The molecule has 8 atom stereocenters. The Kier molecular flexibility index (Phi) is 9.58. The summed E-state index contributed by atoms with van der Waals surface area (Å²) in [4.78, 5) is 24.2. The van der Waals surface area contributed by atoms with Crippen LogP contribution in [-0.2, 0) is 23.8 Å². The Bertz CT molecular complexity index is 1100. The Balaban J connectivity index is 1.60. The van der Waals surface area contributed by atoms with Gasteiger partial charge in [0.2, 0.25) is 0 Å². The summed E-state index contributed by atoms with van der Waals surface area (Å²) in [6.45, 7) is 6.62. The summed E-state index contributed by atoms with van der Waals surface area (Å²) in [5.74, 6) is -1.70. The number of benzene rings is 1. The van der Waals surface area contributed by atoms with Crippen molar-refractivity contribution in [2.24, 2.45) is 11.3 Å². The molecular formula is C28H38O11. The van der Waals surface area contributed by atoms with E-state index < -0.39 is 60.4 Å². The van der Waals surface area contributed by atoms with E-state index in [9.17, 15) is 40.2 Å². The van der Waals surface area contributed by atoms with Gasteiger partial charge in [0.05, 0.1) is 11.7 Å². The van der Waals surface area contributed by atoms with Gasteiger partial charge in [-0.2, -0.15) is 0 Å². The van der Waals surface area contributed by atoms with E-state index in [2.05, 4.69) is 0 Å². The van der Waals surface area contributed by atoms with Gasteiger partial charge in [0, 0.05) is 24.3 Å². The maximum atomic E-state index is 12.1. The van der Waals surface area contributed by atoms with Crippen LogP contribution in [0.25, 0.3) is 6.08 Å². The number of aliphatic hydroxyl groups is 4. The molecular weight excluding hydrogens is 512 g/mol. The van der Waals surface area contributed by atoms with E-state index >= 15 is 0 Å². The number of aliphatic hydroxyl groups excluding tert-OH is 3. The van der Waals surface area contributed by atoms with Gasteiger partial charge in [-0.3, -0.25) is 4.79 Å². The SMILES string of the molecule is CC1CC(=O)CC(C)(C)[C@@]1(O)/C=C/[C@@H](C)OC1OC(COC(=O)/C=C/c2ccc(O)c(O)c2)C(O)C(O)C1O. The lowest BCUT2D eigenvalue weighted by Gasteiger charge is -2.48. The number of carbonyl (C=O) groups is 2. The fraction of sp³-hybridized carbons (Fsp3) is 0.571. The second-order valence-corrected chi connectivity index (χ2v) is 11.0. The summed E-state index contributed by atoms with van der Waals surface area (Å²) in [5.41, 5.74) is -1.55. The highest BCUT2D eigenvalue weighted by molar-refractivity contribution is 5.87. The fourth-order valence-corrected chi connectivity index (χ4v) is 4.99.